The quantitative estimate of drug-likeness (QED) is 0.737. The van der Waals surface area contributed by atoms with Crippen molar-refractivity contribution in [3.63, 3.8) is 0 Å². The molecule has 0 aliphatic carbocycles. The van der Waals surface area contributed by atoms with E-state index in [0.29, 0.717) is 19.6 Å². The molecule has 0 bridgehead atoms. The molecular formula is C15H21NO3. The molecule has 104 valence electrons. The second-order valence-electron chi connectivity index (χ2n) is 4.53. The van der Waals surface area contributed by atoms with Crippen LogP contribution in [0.2, 0.25) is 0 Å². The Balaban J connectivity index is 2.40. The molecule has 0 saturated carbocycles. The van der Waals surface area contributed by atoms with Crippen molar-refractivity contribution in [2.24, 2.45) is 0 Å². The number of nitrogens with zero attached hydrogens (tertiary/aromatic N) is 1. The fraction of sp³-hybridized carbons (Fsp3) is 0.467. The zero-order valence-electron chi connectivity index (χ0n) is 11.8. The van der Waals surface area contributed by atoms with E-state index in [9.17, 15) is 9.59 Å². The van der Waals surface area contributed by atoms with Gasteiger partial charge in [0.25, 0.3) is 0 Å². The van der Waals surface area contributed by atoms with Crippen molar-refractivity contribution in [1.29, 1.82) is 0 Å². The van der Waals surface area contributed by atoms with Gasteiger partial charge in [-0.15, -0.1) is 0 Å². The fourth-order valence-electron chi connectivity index (χ4n) is 1.63. The van der Waals surface area contributed by atoms with E-state index in [2.05, 4.69) is 0 Å². The molecule has 0 N–H and O–H groups in total. The first-order valence-electron chi connectivity index (χ1n) is 6.48. The van der Waals surface area contributed by atoms with E-state index in [1.165, 1.54) is 5.56 Å². The van der Waals surface area contributed by atoms with Crippen LogP contribution in [0.4, 0.5) is 0 Å². The molecule has 4 nitrogen and oxygen atoms in total. The van der Waals surface area contributed by atoms with Gasteiger partial charge in [0.15, 0.2) is 0 Å². The molecule has 0 unspecified atom stereocenters. The third-order valence-corrected chi connectivity index (χ3v) is 2.86. The van der Waals surface area contributed by atoms with Crippen LogP contribution in [0.5, 0.6) is 0 Å². The highest BCUT2D eigenvalue weighted by molar-refractivity contribution is 5.79. The monoisotopic (exact) mass is 263 g/mol. The van der Waals surface area contributed by atoms with Crippen LogP contribution in [-0.2, 0) is 20.7 Å². The van der Waals surface area contributed by atoms with Gasteiger partial charge < -0.3 is 9.64 Å². The summed E-state index contributed by atoms with van der Waals surface area (Å²) >= 11 is 0. The van der Waals surface area contributed by atoms with Gasteiger partial charge in [-0.1, -0.05) is 29.8 Å². The highest BCUT2D eigenvalue weighted by atomic mass is 16.5. The van der Waals surface area contributed by atoms with Crippen LogP contribution in [0.3, 0.4) is 0 Å². The van der Waals surface area contributed by atoms with Gasteiger partial charge in [-0.25, -0.2) is 0 Å². The van der Waals surface area contributed by atoms with Gasteiger partial charge in [0.2, 0.25) is 5.91 Å². The Hall–Kier alpha value is -1.84. The number of benzene rings is 1. The second kappa shape index (κ2) is 7.56. The second-order valence-corrected chi connectivity index (χ2v) is 4.53. The Bertz CT molecular complexity index is 426. The van der Waals surface area contributed by atoms with E-state index >= 15 is 0 Å². The number of carbonyl (C=O) groups is 2. The molecule has 1 aromatic carbocycles. The van der Waals surface area contributed by atoms with Crippen molar-refractivity contribution in [3.8, 4) is 0 Å². The van der Waals surface area contributed by atoms with E-state index in [0.717, 1.165) is 5.56 Å². The summed E-state index contributed by atoms with van der Waals surface area (Å²) in [6.07, 6.45) is 0.601. The minimum Gasteiger partial charge on any atom is -0.466 e. The largest absolute Gasteiger partial charge is 0.466 e. The number of ether oxygens (including phenoxy) is 1. The minimum absolute atomic E-state index is 0.00755. The molecule has 0 aliphatic heterocycles. The molecular weight excluding hydrogens is 242 g/mol. The summed E-state index contributed by atoms with van der Waals surface area (Å²) in [6.45, 7) is 4.55. The number of aryl methyl sites for hydroxylation is 1. The molecule has 1 aromatic rings. The van der Waals surface area contributed by atoms with Crippen LogP contribution in [0.25, 0.3) is 0 Å². The molecule has 0 spiro atoms. The highest BCUT2D eigenvalue weighted by Gasteiger charge is 2.11. The Morgan fingerprint density at radius 1 is 1.21 bits per heavy atom. The number of hydrogen-bond donors (Lipinski definition) is 0. The Labute approximate surface area is 114 Å². The summed E-state index contributed by atoms with van der Waals surface area (Å²) < 4.78 is 4.83. The summed E-state index contributed by atoms with van der Waals surface area (Å²) in [5.74, 6) is -0.259. The molecule has 1 rings (SSSR count). The Kier molecular flexibility index (Phi) is 6.06. The number of esters is 1. The smallest absolute Gasteiger partial charge is 0.307 e. The SMILES string of the molecule is CCOC(=O)CCN(C)C(=O)Cc1ccc(C)cc1. The number of carbonyl (C=O) groups excluding carboxylic acids is 2. The van der Waals surface area contributed by atoms with Crippen molar-refractivity contribution < 1.29 is 14.3 Å². The fourth-order valence-corrected chi connectivity index (χ4v) is 1.63. The van der Waals surface area contributed by atoms with Crippen molar-refractivity contribution in [2.75, 3.05) is 20.2 Å². The number of likely N-dealkylation sites (N-methyl/N-ethyl adjacent to an activating group) is 1. The molecule has 1 amide bonds. The van der Waals surface area contributed by atoms with Gasteiger partial charge in [0.05, 0.1) is 19.4 Å². The maximum atomic E-state index is 11.9. The molecule has 0 fully saturated rings. The summed E-state index contributed by atoms with van der Waals surface area (Å²) in [4.78, 5) is 24.7. The highest BCUT2D eigenvalue weighted by Crippen LogP contribution is 2.05. The van der Waals surface area contributed by atoms with E-state index < -0.39 is 0 Å². The number of hydrogen-bond acceptors (Lipinski definition) is 3. The summed E-state index contributed by atoms with van der Waals surface area (Å²) in [5.41, 5.74) is 2.16. The summed E-state index contributed by atoms with van der Waals surface area (Å²) in [5, 5.41) is 0. The van der Waals surface area contributed by atoms with Gasteiger partial charge in [0.1, 0.15) is 0 Å². The van der Waals surface area contributed by atoms with Crippen LogP contribution >= 0.6 is 0 Å². The lowest BCUT2D eigenvalue weighted by atomic mass is 10.1. The lowest BCUT2D eigenvalue weighted by Crippen LogP contribution is -2.30. The number of rotatable bonds is 6. The Morgan fingerprint density at radius 3 is 2.42 bits per heavy atom. The zero-order chi connectivity index (χ0) is 14.3. The van der Waals surface area contributed by atoms with Crippen molar-refractivity contribution in [3.05, 3.63) is 35.4 Å². The van der Waals surface area contributed by atoms with Crippen LogP contribution in [0, 0.1) is 6.92 Å². The van der Waals surface area contributed by atoms with Crippen molar-refractivity contribution in [1.82, 2.24) is 4.90 Å². The van der Waals surface area contributed by atoms with E-state index in [1.807, 2.05) is 31.2 Å². The Morgan fingerprint density at radius 2 is 1.84 bits per heavy atom. The molecule has 0 aromatic heterocycles. The lowest BCUT2D eigenvalue weighted by Gasteiger charge is -2.16. The number of amides is 1. The average molecular weight is 263 g/mol. The van der Waals surface area contributed by atoms with Gasteiger partial charge in [-0.2, -0.15) is 0 Å². The van der Waals surface area contributed by atoms with Crippen molar-refractivity contribution >= 4 is 11.9 Å². The maximum Gasteiger partial charge on any atom is 0.307 e. The minimum atomic E-state index is -0.266. The summed E-state index contributed by atoms with van der Waals surface area (Å²) in [6, 6.07) is 7.88. The molecule has 0 aliphatic rings. The molecule has 0 saturated heterocycles. The average Bonchev–Trinajstić information content (AvgIpc) is 2.39. The molecule has 0 heterocycles. The van der Waals surface area contributed by atoms with Gasteiger partial charge in [-0.05, 0) is 19.4 Å². The predicted octanol–water partition coefficient (Wildman–Crippen LogP) is 1.95. The van der Waals surface area contributed by atoms with Gasteiger partial charge in [-0.3, -0.25) is 9.59 Å². The maximum absolute atomic E-state index is 11.9. The topological polar surface area (TPSA) is 46.6 Å². The first-order valence-corrected chi connectivity index (χ1v) is 6.48. The van der Waals surface area contributed by atoms with E-state index in [-0.39, 0.29) is 18.3 Å². The van der Waals surface area contributed by atoms with Gasteiger partial charge >= 0.3 is 5.97 Å². The van der Waals surface area contributed by atoms with Crippen molar-refractivity contribution in [2.45, 2.75) is 26.7 Å². The van der Waals surface area contributed by atoms with E-state index in [4.69, 9.17) is 4.74 Å². The third kappa shape index (κ3) is 5.55. The normalized spacial score (nSPS) is 10.1. The van der Waals surface area contributed by atoms with Crippen LogP contribution in [0.15, 0.2) is 24.3 Å². The molecule has 0 atom stereocenters. The summed E-state index contributed by atoms with van der Waals surface area (Å²) in [7, 11) is 1.70. The third-order valence-electron chi connectivity index (χ3n) is 2.86. The molecule has 0 radical (unpaired) electrons. The van der Waals surface area contributed by atoms with Crippen LogP contribution in [-0.4, -0.2) is 37.0 Å². The van der Waals surface area contributed by atoms with Crippen LogP contribution in [0.1, 0.15) is 24.5 Å². The van der Waals surface area contributed by atoms with Gasteiger partial charge in [0, 0.05) is 13.6 Å². The first kappa shape index (κ1) is 15.2. The van der Waals surface area contributed by atoms with Crippen LogP contribution < -0.4 is 0 Å². The first-order chi connectivity index (χ1) is 9.02. The zero-order valence-corrected chi connectivity index (χ0v) is 11.8. The lowest BCUT2D eigenvalue weighted by molar-refractivity contribution is -0.143. The molecule has 19 heavy (non-hydrogen) atoms. The van der Waals surface area contributed by atoms with E-state index in [1.54, 1.807) is 18.9 Å². The standard InChI is InChI=1S/C15H21NO3/c1-4-19-15(18)9-10-16(3)14(17)11-13-7-5-12(2)6-8-13/h5-8H,4,9-11H2,1-3H3. The molecule has 4 heteroatoms. The predicted molar refractivity (Wildman–Crippen MR) is 73.8 cm³/mol.